The second kappa shape index (κ2) is 8.19. The van der Waals surface area contributed by atoms with E-state index >= 15 is 0 Å². The molecule has 0 radical (unpaired) electrons. The molecule has 0 fully saturated rings. The van der Waals surface area contributed by atoms with Crippen LogP contribution in [-0.4, -0.2) is 38.2 Å². The minimum absolute atomic E-state index is 0.282. The number of carbonyl (C=O) groups is 1. The van der Waals surface area contributed by atoms with Crippen LogP contribution >= 0.6 is 23.1 Å². The molecule has 8 nitrogen and oxygen atoms in total. The third-order valence-corrected chi connectivity index (χ3v) is 5.42. The summed E-state index contributed by atoms with van der Waals surface area (Å²) in [5.41, 5.74) is 0.811. The quantitative estimate of drug-likeness (QED) is 0.499. The van der Waals surface area contributed by atoms with Crippen molar-refractivity contribution in [2.45, 2.75) is 9.79 Å². The van der Waals surface area contributed by atoms with Gasteiger partial charge in [-0.2, -0.15) is 0 Å². The summed E-state index contributed by atoms with van der Waals surface area (Å²) in [5.74, 6) is 0.918. The lowest BCUT2D eigenvalue weighted by Gasteiger charge is -2.10. The van der Waals surface area contributed by atoms with Crippen LogP contribution in [0.3, 0.4) is 0 Å². The molecule has 4 aromatic rings. The Kier molecular flexibility index (Phi) is 5.31. The van der Waals surface area contributed by atoms with Gasteiger partial charge >= 0.3 is 0 Å². The van der Waals surface area contributed by atoms with Gasteiger partial charge in [0.05, 0.1) is 7.11 Å². The second-order valence-corrected chi connectivity index (χ2v) is 7.46. The van der Waals surface area contributed by atoms with Crippen molar-refractivity contribution in [3.63, 3.8) is 0 Å². The fourth-order valence-electron chi connectivity index (χ4n) is 2.37. The highest BCUT2D eigenvalue weighted by atomic mass is 32.2. The topological polar surface area (TPSA) is 106 Å². The van der Waals surface area contributed by atoms with Crippen LogP contribution in [0.25, 0.3) is 11.5 Å². The third-order valence-electron chi connectivity index (χ3n) is 3.67. The summed E-state index contributed by atoms with van der Waals surface area (Å²) in [6.07, 6.45) is 3.10. The van der Waals surface area contributed by atoms with Crippen LogP contribution in [0.15, 0.2) is 64.1 Å². The number of hydrogen-bond donors (Lipinski definition) is 2. The molecule has 0 aliphatic carbocycles. The molecule has 28 heavy (non-hydrogen) atoms. The van der Waals surface area contributed by atoms with E-state index in [9.17, 15) is 4.79 Å². The number of rotatable bonds is 6. The van der Waals surface area contributed by atoms with Gasteiger partial charge in [-0.1, -0.05) is 11.8 Å². The smallest absolute Gasteiger partial charge is 0.277 e. The molecule has 3 aromatic heterocycles. The Bertz CT molecular complexity index is 1070. The van der Waals surface area contributed by atoms with Crippen LogP contribution in [0.5, 0.6) is 5.75 Å². The van der Waals surface area contributed by atoms with E-state index in [-0.39, 0.29) is 11.6 Å². The lowest BCUT2D eigenvalue weighted by atomic mass is 10.2. The highest BCUT2D eigenvalue weighted by molar-refractivity contribution is 7.99. The SMILES string of the molecule is COc1ccc(Sc2ccc(-c3nnc[nH]3)nc2C(=O)Nc2nccs2)cc1. The van der Waals surface area contributed by atoms with Gasteiger partial charge < -0.3 is 9.72 Å². The fraction of sp³-hybridized carbons (Fsp3) is 0.0556. The van der Waals surface area contributed by atoms with E-state index in [1.54, 1.807) is 24.8 Å². The van der Waals surface area contributed by atoms with Gasteiger partial charge in [-0.3, -0.25) is 10.1 Å². The normalized spacial score (nSPS) is 10.6. The zero-order valence-corrected chi connectivity index (χ0v) is 16.3. The molecular formula is C18H14N6O2S2. The zero-order chi connectivity index (χ0) is 19.3. The Balaban J connectivity index is 1.68. The minimum atomic E-state index is -0.340. The monoisotopic (exact) mass is 410 g/mol. The molecule has 0 unspecified atom stereocenters. The van der Waals surface area contributed by atoms with Crippen molar-refractivity contribution in [1.82, 2.24) is 25.1 Å². The molecule has 3 heterocycles. The Labute approximate surface area is 168 Å². The molecule has 1 aromatic carbocycles. The molecule has 0 saturated carbocycles. The number of amides is 1. The Hall–Kier alpha value is -3.24. The van der Waals surface area contributed by atoms with Crippen molar-refractivity contribution >= 4 is 34.1 Å². The maximum absolute atomic E-state index is 12.9. The van der Waals surface area contributed by atoms with Crippen molar-refractivity contribution in [3.8, 4) is 17.3 Å². The largest absolute Gasteiger partial charge is 0.497 e. The maximum atomic E-state index is 12.9. The first-order valence-corrected chi connectivity index (χ1v) is 9.83. The predicted molar refractivity (Wildman–Crippen MR) is 107 cm³/mol. The van der Waals surface area contributed by atoms with Crippen LogP contribution in [0.1, 0.15) is 10.5 Å². The molecule has 0 saturated heterocycles. The average molecular weight is 410 g/mol. The van der Waals surface area contributed by atoms with E-state index in [4.69, 9.17) is 4.74 Å². The summed E-state index contributed by atoms with van der Waals surface area (Å²) in [7, 11) is 1.62. The van der Waals surface area contributed by atoms with Crippen LogP contribution in [0.2, 0.25) is 0 Å². The van der Waals surface area contributed by atoms with E-state index in [2.05, 4.69) is 30.5 Å². The molecule has 0 atom stereocenters. The minimum Gasteiger partial charge on any atom is -0.497 e. The third kappa shape index (κ3) is 4.02. The van der Waals surface area contributed by atoms with Crippen molar-refractivity contribution in [2.24, 2.45) is 0 Å². The Morgan fingerprint density at radius 2 is 2.07 bits per heavy atom. The van der Waals surface area contributed by atoms with Gasteiger partial charge in [-0.25, -0.2) is 9.97 Å². The molecule has 0 bridgehead atoms. The summed E-state index contributed by atoms with van der Waals surface area (Å²) in [4.78, 5) is 26.0. The first-order valence-electron chi connectivity index (χ1n) is 8.13. The van der Waals surface area contributed by atoms with Gasteiger partial charge in [0, 0.05) is 21.4 Å². The van der Waals surface area contributed by atoms with E-state index < -0.39 is 0 Å². The van der Waals surface area contributed by atoms with Crippen LogP contribution in [0.4, 0.5) is 5.13 Å². The summed E-state index contributed by atoms with van der Waals surface area (Å²) < 4.78 is 5.19. The van der Waals surface area contributed by atoms with Crippen molar-refractivity contribution in [3.05, 3.63) is 60.0 Å². The molecule has 2 N–H and O–H groups in total. The van der Waals surface area contributed by atoms with Crippen LogP contribution in [0, 0.1) is 0 Å². The molecule has 140 valence electrons. The van der Waals surface area contributed by atoms with E-state index in [1.807, 2.05) is 30.3 Å². The molecule has 0 aliphatic rings. The molecule has 4 rings (SSSR count). The summed E-state index contributed by atoms with van der Waals surface area (Å²) in [6, 6.07) is 11.2. The number of methoxy groups -OCH3 is 1. The number of carbonyl (C=O) groups excluding carboxylic acids is 1. The Morgan fingerprint density at radius 3 is 2.75 bits per heavy atom. The van der Waals surface area contributed by atoms with Crippen molar-refractivity contribution in [2.75, 3.05) is 12.4 Å². The van der Waals surface area contributed by atoms with E-state index in [1.165, 1.54) is 29.4 Å². The van der Waals surface area contributed by atoms with Crippen LogP contribution < -0.4 is 10.1 Å². The van der Waals surface area contributed by atoms with Gasteiger partial charge in [0.1, 0.15) is 23.5 Å². The standard InChI is InChI=1S/C18H14N6O2S2/c1-26-11-2-4-12(5-3-11)28-14-7-6-13(16-20-10-21-24-16)22-15(14)17(25)23-18-19-8-9-27-18/h2-10H,1H3,(H,19,23,25)(H,20,21,24). The predicted octanol–water partition coefficient (Wildman–Crippen LogP) is 3.74. The number of benzene rings is 1. The van der Waals surface area contributed by atoms with Gasteiger partial charge in [-0.05, 0) is 36.4 Å². The molecule has 0 spiro atoms. The number of anilines is 1. The first-order chi connectivity index (χ1) is 13.7. The summed E-state index contributed by atoms with van der Waals surface area (Å²) in [6.45, 7) is 0. The molecule has 10 heteroatoms. The summed E-state index contributed by atoms with van der Waals surface area (Å²) in [5, 5.41) is 12.8. The second-order valence-electron chi connectivity index (χ2n) is 5.45. The number of hydrogen-bond acceptors (Lipinski definition) is 8. The van der Waals surface area contributed by atoms with Gasteiger partial charge in [0.2, 0.25) is 0 Å². The fourth-order valence-corrected chi connectivity index (χ4v) is 3.79. The molecule has 1 amide bonds. The number of ether oxygens (including phenoxy) is 1. The molecule has 0 aliphatic heterocycles. The maximum Gasteiger partial charge on any atom is 0.277 e. The first kappa shape index (κ1) is 18.1. The lowest BCUT2D eigenvalue weighted by Crippen LogP contribution is -2.15. The van der Waals surface area contributed by atoms with Crippen molar-refractivity contribution < 1.29 is 9.53 Å². The number of nitrogens with zero attached hydrogens (tertiary/aromatic N) is 4. The number of nitrogens with one attached hydrogen (secondary N) is 2. The average Bonchev–Trinajstić information content (AvgIpc) is 3.43. The zero-order valence-electron chi connectivity index (χ0n) is 14.6. The van der Waals surface area contributed by atoms with Gasteiger partial charge in [0.15, 0.2) is 11.0 Å². The van der Waals surface area contributed by atoms with Gasteiger partial charge in [-0.15, -0.1) is 21.5 Å². The lowest BCUT2D eigenvalue weighted by molar-refractivity contribution is 0.101. The number of aromatic amines is 1. The highest BCUT2D eigenvalue weighted by Gasteiger charge is 2.18. The molecular weight excluding hydrogens is 396 g/mol. The highest BCUT2D eigenvalue weighted by Crippen LogP contribution is 2.32. The number of H-pyrrole nitrogens is 1. The number of aromatic nitrogens is 5. The Morgan fingerprint density at radius 1 is 1.21 bits per heavy atom. The van der Waals surface area contributed by atoms with E-state index in [0.717, 1.165) is 10.6 Å². The summed E-state index contributed by atoms with van der Waals surface area (Å²) >= 11 is 2.78. The van der Waals surface area contributed by atoms with Gasteiger partial charge in [0.25, 0.3) is 5.91 Å². The van der Waals surface area contributed by atoms with E-state index in [0.29, 0.717) is 21.5 Å². The van der Waals surface area contributed by atoms with Crippen LogP contribution in [-0.2, 0) is 0 Å². The number of thiazole rings is 1. The van der Waals surface area contributed by atoms with Crippen molar-refractivity contribution in [1.29, 1.82) is 0 Å². The number of pyridine rings is 1.